The van der Waals surface area contributed by atoms with Crippen LogP contribution in [-0.2, 0) is 19.1 Å². The summed E-state index contributed by atoms with van der Waals surface area (Å²) in [6.45, 7) is 4.78. The van der Waals surface area contributed by atoms with Crippen LogP contribution in [0.3, 0.4) is 0 Å². The number of amides is 1. The number of nitrogens with zero attached hydrogens (tertiary/aromatic N) is 2. The molecule has 3 heterocycles. The molecule has 1 N–H and O–H groups in total. The third-order valence-corrected chi connectivity index (χ3v) is 4.95. The Morgan fingerprint density at radius 2 is 2.03 bits per heavy atom. The zero-order valence-electron chi connectivity index (χ0n) is 15.7. The maximum Gasteiger partial charge on any atom is 0.490 e. The quantitative estimate of drug-likeness (QED) is 0.797. The maximum absolute atomic E-state index is 12.2. The first-order valence-corrected chi connectivity index (χ1v) is 9.25. The normalized spacial score (nSPS) is 26.0. The molecule has 1 aliphatic carbocycles. The first kappa shape index (κ1) is 21.6. The third-order valence-electron chi connectivity index (χ3n) is 4.95. The van der Waals surface area contributed by atoms with E-state index in [1.54, 1.807) is 17.4 Å². The van der Waals surface area contributed by atoms with E-state index in [0.717, 1.165) is 37.8 Å². The molecule has 2 saturated heterocycles. The van der Waals surface area contributed by atoms with Gasteiger partial charge in [-0.2, -0.15) is 13.2 Å². The molecule has 1 amide bonds. The number of aliphatic carboxylic acids is 1. The summed E-state index contributed by atoms with van der Waals surface area (Å²) in [4.78, 5) is 25.3. The van der Waals surface area contributed by atoms with Crippen LogP contribution in [0.2, 0.25) is 0 Å². The van der Waals surface area contributed by atoms with Crippen molar-refractivity contribution in [2.75, 3.05) is 50.9 Å². The average molecular weight is 420 g/mol. The van der Waals surface area contributed by atoms with E-state index in [2.05, 4.69) is 4.90 Å². The van der Waals surface area contributed by atoms with Crippen molar-refractivity contribution >= 4 is 17.6 Å². The highest BCUT2D eigenvalue weighted by molar-refractivity contribution is 5.95. The number of carboxylic acids is 1. The number of ether oxygens (including phenoxy) is 2. The Balaban J connectivity index is 0.000000298. The number of alkyl halides is 3. The van der Waals surface area contributed by atoms with Crippen LogP contribution in [-0.4, -0.2) is 79.7 Å². The molecule has 1 spiro atoms. The molecule has 11 heteroatoms. The van der Waals surface area contributed by atoms with Crippen molar-refractivity contribution in [2.24, 2.45) is 5.92 Å². The van der Waals surface area contributed by atoms with Gasteiger partial charge in [0.15, 0.2) is 0 Å². The molecule has 1 aromatic heterocycles. The second kappa shape index (κ2) is 8.72. The average Bonchev–Trinajstić information content (AvgIpc) is 3.34. The van der Waals surface area contributed by atoms with Gasteiger partial charge in [0.2, 0.25) is 0 Å². The van der Waals surface area contributed by atoms with Crippen molar-refractivity contribution < 1.29 is 41.8 Å². The lowest BCUT2D eigenvalue weighted by Gasteiger charge is -2.42. The molecule has 3 aliphatic rings. The van der Waals surface area contributed by atoms with Crippen LogP contribution in [0.1, 0.15) is 12.8 Å². The molecule has 29 heavy (non-hydrogen) atoms. The summed E-state index contributed by atoms with van der Waals surface area (Å²) in [5.74, 6) is -1.94. The fourth-order valence-corrected chi connectivity index (χ4v) is 3.35. The van der Waals surface area contributed by atoms with Crippen LogP contribution in [0, 0.1) is 5.92 Å². The molecule has 4 rings (SSSR count). The van der Waals surface area contributed by atoms with E-state index in [1.807, 2.05) is 6.07 Å². The highest BCUT2D eigenvalue weighted by atomic mass is 19.4. The molecule has 0 bridgehead atoms. The number of morpholine rings is 1. The minimum absolute atomic E-state index is 0.0231. The number of rotatable bonds is 3. The minimum atomic E-state index is -5.08. The van der Waals surface area contributed by atoms with E-state index in [-0.39, 0.29) is 12.5 Å². The van der Waals surface area contributed by atoms with Crippen molar-refractivity contribution in [3.05, 3.63) is 18.6 Å². The molecule has 2 aliphatic heterocycles. The first-order chi connectivity index (χ1) is 13.7. The van der Waals surface area contributed by atoms with Crippen LogP contribution < -0.4 is 4.90 Å². The van der Waals surface area contributed by atoms with Crippen LogP contribution in [0.5, 0.6) is 0 Å². The van der Waals surface area contributed by atoms with E-state index in [4.69, 9.17) is 23.8 Å². The van der Waals surface area contributed by atoms with Gasteiger partial charge in [-0.25, -0.2) is 4.79 Å². The van der Waals surface area contributed by atoms with Crippen molar-refractivity contribution in [2.45, 2.75) is 24.6 Å². The summed E-state index contributed by atoms with van der Waals surface area (Å²) >= 11 is 0. The van der Waals surface area contributed by atoms with Crippen LogP contribution >= 0.6 is 0 Å². The van der Waals surface area contributed by atoms with Gasteiger partial charge in [0.25, 0.3) is 5.91 Å². The lowest BCUT2D eigenvalue weighted by Crippen LogP contribution is -2.60. The fourth-order valence-electron chi connectivity index (χ4n) is 3.35. The molecule has 1 saturated carbocycles. The summed E-state index contributed by atoms with van der Waals surface area (Å²) in [7, 11) is 0. The molecular weight excluding hydrogens is 397 g/mol. The zero-order valence-corrected chi connectivity index (χ0v) is 15.7. The Morgan fingerprint density at radius 1 is 1.31 bits per heavy atom. The van der Waals surface area contributed by atoms with Crippen molar-refractivity contribution in [1.29, 1.82) is 0 Å². The first-order valence-electron chi connectivity index (χ1n) is 9.25. The van der Waals surface area contributed by atoms with Crippen LogP contribution in [0.15, 0.2) is 23.0 Å². The molecule has 162 valence electrons. The molecule has 8 nitrogen and oxygen atoms in total. The van der Waals surface area contributed by atoms with E-state index >= 15 is 0 Å². The molecule has 1 unspecified atom stereocenters. The van der Waals surface area contributed by atoms with Gasteiger partial charge in [0.05, 0.1) is 31.7 Å². The second-order valence-corrected chi connectivity index (χ2v) is 7.47. The van der Waals surface area contributed by atoms with Crippen molar-refractivity contribution in [3.8, 4) is 0 Å². The Hall–Kier alpha value is -2.11. The standard InChI is InChI=1S/C16H22N2O4.C2HF3O2/c19-15-9-22-16(11-18(15)14-3-5-20-8-14)10-17(4-6-21-12-16)7-13-1-2-13;3-2(4,5)1(6)7/h3,5,8,13H,1-2,4,6-7,9-12H2;(H,6,7). The van der Waals surface area contributed by atoms with Crippen LogP contribution in [0.25, 0.3) is 0 Å². The molecular formula is C18H23F3N2O6. The number of anilines is 1. The Labute approximate surface area is 165 Å². The monoisotopic (exact) mass is 420 g/mol. The Morgan fingerprint density at radius 3 is 2.62 bits per heavy atom. The molecule has 1 aromatic rings. The van der Waals surface area contributed by atoms with Gasteiger partial charge in [-0.1, -0.05) is 0 Å². The lowest BCUT2D eigenvalue weighted by atomic mass is 10.0. The van der Waals surface area contributed by atoms with Crippen molar-refractivity contribution in [3.63, 3.8) is 0 Å². The largest absolute Gasteiger partial charge is 0.490 e. The SMILES string of the molecule is O=C(O)C(F)(F)F.O=C1COC2(COCCN(CC3CC3)C2)CN1c1ccoc1. The number of carbonyl (C=O) groups excluding carboxylic acids is 1. The molecule has 0 radical (unpaired) electrons. The van der Waals surface area contributed by atoms with E-state index < -0.39 is 17.7 Å². The Bertz CT molecular complexity index is 707. The van der Waals surface area contributed by atoms with Gasteiger partial charge in [0, 0.05) is 25.7 Å². The smallest absolute Gasteiger partial charge is 0.475 e. The van der Waals surface area contributed by atoms with Gasteiger partial charge in [-0.3, -0.25) is 9.69 Å². The molecule has 0 aromatic carbocycles. The van der Waals surface area contributed by atoms with Gasteiger partial charge < -0.3 is 23.9 Å². The topological polar surface area (TPSA) is 92.4 Å². The maximum atomic E-state index is 12.2. The summed E-state index contributed by atoms with van der Waals surface area (Å²) in [5, 5.41) is 7.12. The highest BCUT2D eigenvalue weighted by Gasteiger charge is 2.44. The number of furan rings is 1. The summed E-state index contributed by atoms with van der Waals surface area (Å²) in [5.41, 5.74) is 0.363. The zero-order chi connectivity index (χ0) is 21.1. The molecule has 3 fully saturated rings. The number of halogens is 3. The summed E-state index contributed by atoms with van der Waals surface area (Å²) in [6, 6.07) is 1.82. The van der Waals surface area contributed by atoms with Gasteiger partial charge in [-0.05, 0) is 18.8 Å². The number of hydrogen-bond donors (Lipinski definition) is 1. The molecule has 1 atom stereocenters. The highest BCUT2D eigenvalue weighted by Crippen LogP contribution is 2.32. The van der Waals surface area contributed by atoms with Crippen molar-refractivity contribution in [1.82, 2.24) is 4.90 Å². The van der Waals surface area contributed by atoms with Gasteiger partial charge in [0.1, 0.15) is 18.5 Å². The number of carboxylic acid groups (broad SMARTS) is 1. The van der Waals surface area contributed by atoms with Gasteiger partial charge in [-0.15, -0.1) is 0 Å². The van der Waals surface area contributed by atoms with E-state index in [1.165, 1.54) is 12.8 Å². The number of hydrogen-bond acceptors (Lipinski definition) is 6. The van der Waals surface area contributed by atoms with Crippen LogP contribution in [0.4, 0.5) is 18.9 Å². The predicted octanol–water partition coefficient (Wildman–Crippen LogP) is 1.76. The lowest BCUT2D eigenvalue weighted by molar-refractivity contribution is -0.192. The third kappa shape index (κ3) is 5.94. The summed E-state index contributed by atoms with van der Waals surface area (Å²) < 4.78 is 48.6. The number of carbonyl (C=O) groups is 2. The van der Waals surface area contributed by atoms with E-state index in [0.29, 0.717) is 13.2 Å². The predicted molar refractivity (Wildman–Crippen MR) is 93.4 cm³/mol. The second-order valence-electron chi connectivity index (χ2n) is 7.47. The summed E-state index contributed by atoms with van der Waals surface area (Å²) in [6.07, 6.45) is 0.792. The van der Waals surface area contributed by atoms with Gasteiger partial charge >= 0.3 is 12.1 Å². The van der Waals surface area contributed by atoms with E-state index in [9.17, 15) is 18.0 Å². The fraction of sp³-hybridized carbons (Fsp3) is 0.667. The Kier molecular flexibility index (Phi) is 6.49. The minimum Gasteiger partial charge on any atom is -0.475 e.